The predicted molar refractivity (Wildman–Crippen MR) is 85.3 cm³/mol. The summed E-state index contributed by atoms with van der Waals surface area (Å²) in [7, 11) is 3.47. The first-order valence-corrected chi connectivity index (χ1v) is 7.75. The lowest BCUT2D eigenvalue weighted by Gasteiger charge is -2.25. The first kappa shape index (κ1) is 18.5. The molecule has 1 N–H and O–H groups in total. The molecule has 0 amide bonds. The largest absolute Gasteiger partial charge is 0.401 e. The van der Waals surface area contributed by atoms with Crippen LogP contribution in [-0.2, 0) is 6.54 Å². The molecule has 1 saturated heterocycles. The summed E-state index contributed by atoms with van der Waals surface area (Å²) in [5, 5.41) is 3.21. The maximum Gasteiger partial charge on any atom is 0.401 e. The van der Waals surface area contributed by atoms with E-state index in [0.717, 1.165) is 5.56 Å². The Morgan fingerprint density at radius 2 is 2.00 bits per heavy atom. The van der Waals surface area contributed by atoms with Crippen molar-refractivity contribution in [3.05, 3.63) is 35.6 Å². The highest BCUT2D eigenvalue weighted by Crippen LogP contribution is 2.20. The van der Waals surface area contributed by atoms with Crippen LogP contribution in [0.15, 0.2) is 29.3 Å². The smallest absolute Gasteiger partial charge is 0.352 e. The lowest BCUT2D eigenvalue weighted by molar-refractivity contribution is -0.143. The summed E-state index contributed by atoms with van der Waals surface area (Å²) < 4.78 is 50.3. The van der Waals surface area contributed by atoms with E-state index < -0.39 is 12.7 Å². The lowest BCUT2D eigenvalue weighted by Crippen LogP contribution is -2.45. The second-order valence-electron chi connectivity index (χ2n) is 6.01. The summed E-state index contributed by atoms with van der Waals surface area (Å²) in [6, 6.07) is 6.11. The average Bonchev–Trinajstić information content (AvgIpc) is 2.92. The Morgan fingerprint density at radius 3 is 2.58 bits per heavy atom. The van der Waals surface area contributed by atoms with E-state index in [0.29, 0.717) is 32.0 Å². The van der Waals surface area contributed by atoms with Crippen LogP contribution in [0.2, 0.25) is 0 Å². The normalized spacial score (nSPS) is 19.6. The van der Waals surface area contributed by atoms with Gasteiger partial charge in [0.25, 0.3) is 0 Å². The number of rotatable bonds is 4. The molecule has 0 saturated carbocycles. The Hall–Kier alpha value is -1.83. The van der Waals surface area contributed by atoms with Crippen LogP contribution in [0.5, 0.6) is 0 Å². The number of hydrogen-bond donors (Lipinski definition) is 1. The lowest BCUT2D eigenvalue weighted by atomic mass is 10.2. The van der Waals surface area contributed by atoms with Gasteiger partial charge in [0.15, 0.2) is 5.96 Å². The summed E-state index contributed by atoms with van der Waals surface area (Å²) >= 11 is 0. The number of guanidine groups is 1. The van der Waals surface area contributed by atoms with Gasteiger partial charge in [-0.2, -0.15) is 13.2 Å². The fourth-order valence-corrected chi connectivity index (χ4v) is 2.81. The van der Waals surface area contributed by atoms with Gasteiger partial charge in [0, 0.05) is 39.8 Å². The molecule has 2 rings (SSSR count). The summed E-state index contributed by atoms with van der Waals surface area (Å²) in [6.45, 7) is 0.396. The quantitative estimate of drug-likeness (QED) is 0.516. The maximum absolute atomic E-state index is 12.9. The molecule has 1 heterocycles. The van der Waals surface area contributed by atoms with Crippen LogP contribution in [-0.4, -0.2) is 61.7 Å². The molecule has 0 aliphatic carbocycles. The van der Waals surface area contributed by atoms with Crippen LogP contribution in [0.3, 0.4) is 0 Å². The Kier molecular flexibility index (Phi) is 6.04. The van der Waals surface area contributed by atoms with Gasteiger partial charge < -0.3 is 10.2 Å². The van der Waals surface area contributed by atoms with Crippen LogP contribution in [0.1, 0.15) is 12.0 Å². The number of hydrogen-bond acceptors (Lipinski definition) is 2. The van der Waals surface area contributed by atoms with Gasteiger partial charge in [-0.3, -0.25) is 9.89 Å². The van der Waals surface area contributed by atoms with Gasteiger partial charge >= 0.3 is 6.18 Å². The van der Waals surface area contributed by atoms with Crippen LogP contribution in [0, 0.1) is 5.82 Å². The van der Waals surface area contributed by atoms with E-state index in [-0.39, 0.29) is 11.9 Å². The molecule has 0 bridgehead atoms. The summed E-state index contributed by atoms with van der Waals surface area (Å²) in [6.07, 6.45) is -3.53. The van der Waals surface area contributed by atoms with Gasteiger partial charge in [0.1, 0.15) is 5.82 Å². The number of halogens is 4. The minimum Gasteiger partial charge on any atom is -0.352 e. The van der Waals surface area contributed by atoms with Crippen LogP contribution < -0.4 is 5.32 Å². The summed E-state index contributed by atoms with van der Waals surface area (Å²) in [5.41, 5.74) is 0.923. The molecule has 4 nitrogen and oxygen atoms in total. The topological polar surface area (TPSA) is 30.9 Å². The molecule has 1 fully saturated rings. The van der Waals surface area contributed by atoms with Crippen molar-refractivity contribution >= 4 is 5.96 Å². The highest BCUT2D eigenvalue weighted by Gasteiger charge is 2.34. The van der Waals surface area contributed by atoms with Gasteiger partial charge in [-0.1, -0.05) is 12.1 Å². The van der Waals surface area contributed by atoms with E-state index in [4.69, 9.17) is 0 Å². The van der Waals surface area contributed by atoms with Crippen LogP contribution in [0.25, 0.3) is 0 Å². The van der Waals surface area contributed by atoms with Crippen molar-refractivity contribution in [3.63, 3.8) is 0 Å². The van der Waals surface area contributed by atoms with Crippen molar-refractivity contribution in [1.82, 2.24) is 15.1 Å². The van der Waals surface area contributed by atoms with Gasteiger partial charge in [-0.25, -0.2) is 4.39 Å². The Bertz CT molecular complexity index is 556. The Labute approximate surface area is 139 Å². The van der Waals surface area contributed by atoms with Crippen molar-refractivity contribution in [3.8, 4) is 0 Å². The van der Waals surface area contributed by atoms with Crippen LogP contribution >= 0.6 is 0 Å². The fraction of sp³-hybridized carbons (Fsp3) is 0.562. The molecule has 1 aliphatic rings. The minimum atomic E-state index is -4.17. The second kappa shape index (κ2) is 7.83. The predicted octanol–water partition coefficient (Wildman–Crippen LogP) is 2.47. The molecule has 0 aromatic heterocycles. The molecular formula is C16H22F4N4. The third-order valence-electron chi connectivity index (χ3n) is 3.91. The summed E-state index contributed by atoms with van der Waals surface area (Å²) in [4.78, 5) is 7.44. The third-order valence-corrected chi connectivity index (χ3v) is 3.91. The molecule has 1 unspecified atom stereocenters. The van der Waals surface area contributed by atoms with E-state index in [1.54, 1.807) is 19.2 Å². The highest BCUT2D eigenvalue weighted by molar-refractivity contribution is 5.80. The van der Waals surface area contributed by atoms with Crippen LogP contribution in [0.4, 0.5) is 17.6 Å². The molecule has 8 heteroatoms. The number of nitrogens with zero attached hydrogens (tertiary/aromatic N) is 3. The Balaban J connectivity index is 1.87. The molecule has 1 atom stereocenters. The molecule has 134 valence electrons. The van der Waals surface area contributed by atoms with Crippen molar-refractivity contribution < 1.29 is 17.6 Å². The van der Waals surface area contributed by atoms with Crippen molar-refractivity contribution in [1.29, 1.82) is 0 Å². The molecule has 0 spiro atoms. The minimum absolute atomic E-state index is 0.0679. The van der Waals surface area contributed by atoms with E-state index in [2.05, 4.69) is 10.3 Å². The molecular weight excluding hydrogens is 324 g/mol. The molecule has 1 aliphatic heterocycles. The van der Waals surface area contributed by atoms with E-state index in [1.165, 1.54) is 17.0 Å². The SMILES string of the molecule is CN=C(NC1CCN(CC(F)(F)F)C1)N(C)Cc1ccc(F)cc1. The third kappa shape index (κ3) is 5.67. The maximum atomic E-state index is 12.9. The zero-order chi connectivity index (χ0) is 17.7. The standard InChI is InChI=1S/C16H22F4N4/c1-21-15(23(2)9-12-3-5-13(17)6-4-12)22-14-7-8-24(10-14)11-16(18,19)20/h3-6,14H,7-11H2,1-2H3,(H,21,22). The zero-order valence-corrected chi connectivity index (χ0v) is 13.8. The highest BCUT2D eigenvalue weighted by atomic mass is 19.4. The van der Waals surface area contributed by atoms with Gasteiger partial charge in [0.2, 0.25) is 0 Å². The second-order valence-corrected chi connectivity index (χ2v) is 6.01. The number of alkyl halides is 3. The van der Waals surface area contributed by atoms with E-state index in [9.17, 15) is 17.6 Å². The zero-order valence-electron chi connectivity index (χ0n) is 13.8. The fourth-order valence-electron chi connectivity index (χ4n) is 2.81. The number of aliphatic imine (C=N–C) groups is 1. The first-order chi connectivity index (χ1) is 11.3. The van der Waals surface area contributed by atoms with E-state index in [1.807, 2.05) is 11.9 Å². The summed E-state index contributed by atoms with van der Waals surface area (Å²) in [5.74, 6) is 0.317. The number of nitrogens with one attached hydrogen (secondary N) is 1. The van der Waals surface area contributed by atoms with Crippen molar-refractivity contribution in [2.45, 2.75) is 25.2 Å². The van der Waals surface area contributed by atoms with Crippen molar-refractivity contribution in [2.75, 3.05) is 33.7 Å². The Morgan fingerprint density at radius 1 is 1.33 bits per heavy atom. The molecule has 0 radical (unpaired) electrons. The monoisotopic (exact) mass is 346 g/mol. The van der Waals surface area contributed by atoms with Gasteiger partial charge in [-0.15, -0.1) is 0 Å². The number of benzene rings is 1. The molecule has 24 heavy (non-hydrogen) atoms. The first-order valence-electron chi connectivity index (χ1n) is 7.75. The number of likely N-dealkylation sites (tertiary alicyclic amines) is 1. The van der Waals surface area contributed by atoms with Crippen molar-refractivity contribution in [2.24, 2.45) is 4.99 Å². The average molecular weight is 346 g/mol. The molecule has 1 aromatic carbocycles. The van der Waals surface area contributed by atoms with E-state index >= 15 is 0 Å². The molecule has 1 aromatic rings. The van der Waals surface area contributed by atoms with Gasteiger partial charge in [-0.05, 0) is 24.1 Å². The van der Waals surface area contributed by atoms with Gasteiger partial charge in [0.05, 0.1) is 6.54 Å².